The van der Waals surface area contributed by atoms with E-state index in [-0.39, 0.29) is 23.4 Å². The van der Waals surface area contributed by atoms with Crippen molar-refractivity contribution in [1.82, 2.24) is 20.1 Å². The van der Waals surface area contributed by atoms with Gasteiger partial charge in [-0.3, -0.25) is 4.79 Å². The van der Waals surface area contributed by atoms with Crippen LogP contribution in [-0.2, 0) is 12.1 Å². The van der Waals surface area contributed by atoms with Crippen molar-refractivity contribution in [1.29, 1.82) is 0 Å². The number of rotatable bonds is 6. The lowest BCUT2D eigenvalue weighted by atomic mass is 9.86. The molecule has 0 aliphatic rings. The van der Waals surface area contributed by atoms with Crippen LogP contribution < -0.4 is 11.1 Å². The van der Waals surface area contributed by atoms with Crippen LogP contribution in [0.5, 0.6) is 0 Å². The van der Waals surface area contributed by atoms with Crippen molar-refractivity contribution in [3.8, 4) is 0 Å². The van der Waals surface area contributed by atoms with E-state index < -0.39 is 29.2 Å². The number of aromatic nitrogens is 3. The zero-order chi connectivity index (χ0) is 21.2. The topological polar surface area (TPSA) is 106 Å². The van der Waals surface area contributed by atoms with Crippen LogP contribution in [0.25, 0.3) is 0 Å². The number of amides is 1. The van der Waals surface area contributed by atoms with Crippen LogP contribution in [0.15, 0.2) is 49.1 Å². The van der Waals surface area contributed by atoms with E-state index in [1.807, 2.05) is 0 Å². The Morgan fingerprint density at radius 1 is 1.34 bits per heavy atom. The molecule has 0 spiro atoms. The van der Waals surface area contributed by atoms with Crippen molar-refractivity contribution >= 4 is 23.2 Å². The molecule has 7 nitrogen and oxygen atoms in total. The average molecular weight is 422 g/mol. The number of carbonyl (C=O) groups excluding carboxylic acids is 1. The normalized spacial score (nSPS) is 14.2. The Bertz CT molecular complexity index is 1030. The van der Waals surface area contributed by atoms with Crippen LogP contribution in [0.4, 0.5) is 14.5 Å². The van der Waals surface area contributed by atoms with Crippen LogP contribution in [0.3, 0.4) is 0 Å². The minimum atomic E-state index is -1.98. The summed E-state index contributed by atoms with van der Waals surface area (Å²) in [4.78, 5) is 16.5. The van der Waals surface area contributed by atoms with Crippen molar-refractivity contribution < 1.29 is 18.7 Å². The zero-order valence-corrected chi connectivity index (χ0v) is 16.1. The van der Waals surface area contributed by atoms with Crippen molar-refractivity contribution in [2.45, 2.75) is 25.1 Å². The fourth-order valence-corrected chi connectivity index (χ4v) is 3.15. The Morgan fingerprint density at radius 3 is 2.76 bits per heavy atom. The fraction of sp³-hybridized carbons (Fsp3) is 0.211. The summed E-state index contributed by atoms with van der Waals surface area (Å²) < 4.78 is 29.2. The highest BCUT2D eigenvalue weighted by Gasteiger charge is 2.40. The molecule has 0 saturated carbocycles. The third kappa shape index (κ3) is 4.36. The molecule has 10 heteroatoms. The summed E-state index contributed by atoms with van der Waals surface area (Å²) in [6, 6.07) is 6.16. The summed E-state index contributed by atoms with van der Waals surface area (Å²) in [5, 5.41) is 18.2. The predicted octanol–water partition coefficient (Wildman–Crippen LogP) is 2.50. The van der Waals surface area contributed by atoms with Gasteiger partial charge in [0.15, 0.2) is 0 Å². The molecule has 3 rings (SSSR count). The maximum absolute atomic E-state index is 14.5. The number of nitrogens with one attached hydrogen (secondary N) is 1. The molecule has 3 aromatic rings. The number of hydrogen-bond donors (Lipinski definition) is 3. The van der Waals surface area contributed by atoms with E-state index in [1.165, 1.54) is 42.5 Å². The smallest absolute Gasteiger partial charge is 0.253 e. The number of anilines is 1. The average Bonchev–Trinajstić information content (AvgIpc) is 3.16. The molecule has 0 fully saturated rings. The van der Waals surface area contributed by atoms with Crippen molar-refractivity contribution in [3.05, 3.63) is 76.8 Å². The highest BCUT2D eigenvalue weighted by atomic mass is 35.5. The number of nitrogens with zero attached hydrogens (tertiary/aromatic N) is 3. The van der Waals surface area contributed by atoms with Crippen molar-refractivity contribution in [2.75, 3.05) is 5.73 Å². The Morgan fingerprint density at radius 2 is 2.10 bits per heavy atom. The summed E-state index contributed by atoms with van der Waals surface area (Å²) >= 11 is 5.93. The van der Waals surface area contributed by atoms with Gasteiger partial charge in [0.2, 0.25) is 0 Å². The molecule has 0 radical (unpaired) electrons. The molecule has 0 aliphatic carbocycles. The molecule has 0 aliphatic heterocycles. The van der Waals surface area contributed by atoms with Crippen molar-refractivity contribution in [3.63, 3.8) is 0 Å². The van der Waals surface area contributed by atoms with E-state index in [2.05, 4.69) is 15.4 Å². The molecule has 0 saturated heterocycles. The van der Waals surface area contributed by atoms with Gasteiger partial charge in [0.1, 0.15) is 29.9 Å². The zero-order valence-electron chi connectivity index (χ0n) is 15.3. The molecule has 0 bridgehead atoms. The van der Waals surface area contributed by atoms with Crippen LogP contribution in [0.2, 0.25) is 5.02 Å². The second kappa shape index (κ2) is 8.14. The van der Waals surface area contributed by atoms with E-state index in [0.717, 1.165) is 12.1 Å². The Hall–Kier alpha value is -3.04. The van der Waals surface area contributed by atoms with E-state index >= 15 is 0 Å². The predicted molar refractivity (Wildman–Crippen MR) is 103 cm³/mol. The molecular weight excluding hydrogens is 404 g/mol. The first-order chi connectivity index (χ1) is 13.7. The molecule has 29 heavy (non-hydrogen) atoms. The minimum Gasteiger partial charge on any atom is -0.398 e. The molecule has 152 valence electrons. The minimum absolute atomic E-state index is 0.104. The summed E-state index contributed by atoms with van der Waals surface area (Å²) in [6.45, 7) is 1.24. The number of aliphatic hydroxyl groups is 1. The van der Waals surface area contributed by atoms with Gasteiger partial charge in [0.05, 0.1) is 18.2 Å². The van der Waals surface area contributed by atoms with Crippen LogP contribution in [-0.4, -0.2) is 31.8 Å². The van der Waals surface area contributed by atoms with Crippen molar-refractivity contribution in [2.24, 2.45) is 0 Å². The number of carbonyl (C=O) groups is 1. The van der Waals surface area contributed by atoms with Gasteiger partial charge in [-0.2, -0.15) is 5.10 Å². The molecule has 1 aromatic heterocycles. The van der Waals surface area contributed by atoms with Gasteiger partial charge in [0, 0.05) is 22.3 Å². The van der Waals surface area contributed by atoms with Crippen LogP contribution in [0.1, 0.15) is 22.8 Å². The third-order valence-electron chi connectivity index (χ3n) is 4.59. The van der Waals surface area contributed by atoms with Gasteiger partial charge in [0.25, 0.3) is 5.91 Å². The standard InChI is InChI=1S/C19H18ClF2N5O2/c1-11(26-18(28)14-6-12(20)2-5-17(14)23)19(29,8-27-10-24-9-25-27)15-4-3-13(21)7-16(15)22/h2-7,9-11,29H,8,23H2,1H3,(H,26,28)/t11-,19-/m1/s1. The highest BCUT2D eigenvalue weighted by Crippen LogP contribution is 2.30. The molecule has 1 heterocycles. The quantitative estimate of drug-likeness (QED) is 0.530. The first-order valence-electron chi connectivity index (χ1n) is 8.57. The van der Waals surface area contributed by atoms with Gasteiger partial charge in [-0.25, -0.2) is 18.4 Å². The van der Waals surface area contributed by atoms with Gasteiger partial charge >= 0.3 is 0 Å². The van der Waals surface area contributed by atoms with Gasteiger partial charge < -0.3 is 16.2 Å². The second-order valence-electron chi connectivity index (χ2n) is 6.57. The monoisotopic (exact) mass is 421 g/mol. The summed E-state index contributed by atoms with van der Waals surface area (Å²) in [5.41, 5.74) is 3.94. The summed E-state index contributed by atoms with van der Waals surface area (Å²) in [5.74, 6) is -2.37. The Balaban J connectivity index is 1.96. The molecule has 2 aromatic carbocycles. The Kier molecular flexibility index (Phi) is 5.81. The molecule has 1 amide bonds. The van der Waals surface area contributed by atoms with Gasteiger partial charge in [-0.1, -0.05) is 17.7 Å². The number of nitrogens with two attached hydrogens (primary N) is 1. The first-order valence-corrected chi connectivity index (χ1v) is 8.94. The molecule has 4 N–H and O–H groups in total. The molecule has 0 unspecified atom stereocenters. The number of hydrogen-bond acceptors (Lipinski definition) is 5. The lowest BCUT2D eigenvalue weighted by molar-refractivity contribution is -0.0186. The lowest BCUT2D eigenvalue weighted by Crippen LogP contribution is -2.52. The van der Waals surface area contributed by atoms with Gasteiger partial charge in [-0.15, -0.1) is 0 Å². The SMILES string of the molecule is C[C@@H](NC(=O)c1cc(Cl)ccc1N)[C@](O)(Cn1cncn1)c1ccc(F)cc1F. The molecular formula is C19H18ClF2N5O2. The maximum atomic E-state index is 14.5. The number of nitrogen functional groups attached to an aromatic ring is 1. The number of halogens is 3. The van der Waals surface area contributed by atoms with E-state index in [9.17, 15) is 18.7 Å². The van der Waals surface area contributed by atoms with E-state index in [1.54, 1.807) is 0 Å². The van der Waals surface area contributed by atoms with Crippen LogP contribution in [0, 0.1) is 11.6 Å². The summed E-state index contributed by atoms with van der Waals surface area (Å²) in [7, 11) is 0. The fourth-order valence-electron chi connectivity index (χ4n) is 2.98. The van der Waals surface area contributed by atoms with Gasteiger partial charge in [-0.05, 0) is 31.2 Å². The van der Waals surface area contributed by atoms with E-state index in [4.69, 9.17) is 17.3 Å². The molecule has 2 atom stereocenters. The summed E-state index contributed by atoms with van der Waals surface area (Å²) in [6.07, 6.45) is 2.58. The third-order valence-corrected chi connectivity index (χ3v) is 4.83. The van der Waals surface area contributed by atoms with E-state index in [0.29, 0.717) is 11.1 Å². The highest BCUT2D eigenvalue weighted by molar-refractivity contribution is 6.31. The Labute approximate surface area is 170 Å². The lowest BCUT2D eigenvalue weighted by Gasteiger charge is -2.35. The van der Waals surface area contributed by atoms with Crippen LogP contribution >= 0.6 is 11.6 Å². The maximum Gasteiger partial charge on any atom is 0.253 e. The number of benzene rings is 2. The first kappa shape index (κ1) is 20.7. The largest absolute Gasteiger partial charge is 0.398 e. The second-order valence-corrected chi connectivity index (χ2v) is 7.00.